The number of hydrogen-bond acceptors (Lipinski definition) is 5. The van der Waals surface area contributed by atoms with Crippen LogP contribution in [0.2, 0.25) is 5.02 Å². The second-order valence-corrected chi connectivity index (χ2v) is 6.24. The number of rotatable bonds is 8. The first-order valence-electron chi connectivity index (χ1n) is 8.48. The van der Waals surface area contributed by atoms with Crippen LogP contribution >= 0.6 is 11.6 Å². The Morgan fingerprint density at radius 2 is 1.96 bits per heavy atom. The molecular weight excluding hydrogens is 370 g/mol. The largest absolute Gasteiger partial charge is 0.493 e. The van der Waals surface area contributed by atoms with E-state index < -0.39 is 18.5 Å². The summed E-state index contributed by atoms with van der Waals surface area (Å²) in [6.07, 6.45) is 0.805. The third-order valence-corrected chi connectivity index (χ3v) is 3.83. The average molecular weight is 392 g/mol. The van der Waals surface area contributed by atoms with E-state index in [1.165, 1.54) is 19.2 Å². The molecule has 1 amide bonds. The molecule has 0 unspecified atom stereocenters. The molecule has 2 aromatic carbocycles. The molecule has 0 saturated heterocycles. The maximum Gasteiger partial charge on any atom is 0.338 e. The molecule has 0 aromatic heterocycles. The second-order valence-electron chi connectivity index (χ2n) is 5.83. The van der Waals surface area contributed by atoms with Crippen LogP contribution in [0.4, 0.5) is 5.69 Å². The van der Waals surface area contributed by atoms with Gasteiger partial charge in [0.05, 0.1) is 24.3 Å². The number of halogens is 1. The fraction of sp³-hybridized carbons (Fsp3) is 0.300. The number of esters is 1. The van der Waals surface area contributed by atoms with Gasteiger partial charge in [-0.1, -0.05) is 30.7 Å². The molecular formula is C20H22ClNO5. The molecule has 0 aliphatic carbocycles. The average Bonchev–Trinajstić information content (AvgIpc) is 2.64. The minimum atomic E-state index is -0.684. The molecule has 0 atom stereocenters. The Bertz CT molecular complexity index is 822. The van der Waals surface area contributed by atoms with Crippen molar-refractivity contribution in [3.05, 3.63) is 52.5 Å². The van der Waals surface area contributed by atoms with E-state index in [0.29, 0.717) is 23.8 Å². The van der Waals surface area contributed by atoms with Crippen LogP contribution in [0.15, 0.2) is 36.4 Å². The van der Waals surface area contributed by atoms with Crippen molar-refractivity contribution in [2.45, 2.75) is 20.3 Å². The quantitative estimate of drug-likeness (QED) is 0.681. The summed E-state index contributed by atoms with van der Waals surface area (Å²) in [5.74, 6) is -0.423. The summed E-state index contributed by atoms with van der Waals surface area (Å²) in [5.41, 5.74) is 1.82. The van der Waals surface area contributed by atoms with Crippen LogP contribution in [0.3, 0.4) is 0 Å². The second kappa shape index (κ2) is 9.83. The highest BCUT2D eigenvalue weighted by molar-refractivity contribution is 6.32. The zero-order chi connectivity index (χ0) is 19.8. The van der Waals surface area contributed by atoms with Crippen LogP contribution in [0.5, 0.6) is 11.5 Å². The summed E-state index contributed by atoms with van der Waals surface area (Å²) in [4.78, 5) is 24.2. The Kier molecular flexibility index (Phi) is 7.49. The number of hydrogen-bond donors (Lipinski definition) is 1. The zero-order valence-corrected chi connectivity index (χ0v) is 16.3. The van der Waals surface area contributed by atoms with Crippen molar-refractivity contribution in [3.63, 3.8) is 0 Å². The lowest BCUT2D eigenvalue weighted by molar-refractivity contribution is -0.119. The molecule has 0 aliphatic heterocycles. The van der Waals surface area contributed by atoms with Gasteiger partial charge in [-0.05, 0) is 43.2 Å². The van der Waals surface area contributed by atoms with Gasteiger partial charge in [0.2, 0.25) is 0 Å². The van der Waals surface area contributed by atoms with Gasteiger partial charge in [-0.3, -0.25) is 4.79 Å². The highest BCUT2D eigenvalue weighted by atomic mass is 35.5. The molecule has 27 heavy (non-hydrogen) atoms. The van der Waals surface area contributed by atoms with Crippen molar-refractivity contribution in [2.75, 3.05) is 25.6 Å². The Morgan fingerprint density at radius 1 is 1.19 bits per heavy atom. The number of methoxy groups -OCH3 is 1. The summed E-state index contributed by atoms with van der Waals surface area (Å²) in [6.45, 7) is 3.94. The van der Waals surface area contributed by atoms with Gasteiger partial charge < -0.3 is 19.5 Å². The van der Waals surface area contributed by atoms with E-state index >= 15 is 0 Å². The Balaban J connectivity index is 2.00. The zero-order valence-electron chi connectivity index (χ0n) is 15.5. The van der Waals surface area contributed by atoms with Gasteiger partial charge in [0.1, 0.15) is 0 Å². The lowest BCUT2D eigenvalue weighted by Crippen LogP contribution is -2.21. The van der Waals surface area contributed by atoms with Crippen molar-refractivity contribution in [2.24, 2.45) is 0 Å². The fourth-order valence-corrected chi connectivity index (χ4v) is 2.58. The molecule has 2 aromatic rings. The van der Waals surface area contributed by atoms with Crippen LogP contribution in [0.25, 0.3) is 0 Å². The van der Waals surface area contributed by atoms with Crippen LogP contribution in [0.1, 0.15) is 29.3 Å². The maximum absolute atomic E-state index is 12.2. The fourth-order valence-electron chi connectivity index (χ4n) is 2.32. The number of nitrogens with one attached hydrogen (secondary N) is 1. The Morgan fingerprint density at radius 3 is 2.63 bits per heavy atom. The monoisotopic (exact) mass is 391 g/mol. The normalized spacial score (nSPS) is 10.2. The first-order valence-corrected chi connectivity index (χ1v) is 8.86. The molecule has 0 radical (unpaired) electrons. The van der Waals surface area contributed by atoms with Crippen molar-refractivity contribution >= 4 is 29.2 Å². The van der Waals surface area contributed by atoms with E-state index in [-0.39, 0.29) is 10.6 Å². The number of carbonyl (C=O) groups excluding carboxylic acids is 2. The smallest absolute Gasteiger partial charge is 0.338 e. The molecule has 6 nitrogen and oxygen atoms in total. The Hall–Kier alpha value is -2.73. The van der Waals surface area contributed by atoms with E-state index in [1.807, 2.05) is 32.0 Å². The van der Waals surface area contributed by atoms with Gasteiger partial charge in [-0.25, -0.2) is 4.79 Å². The Labute approximate surface area is 163 Å². The predicted octanol–water partition coefficient (Wildman–Crippen LogP) is 4.24. The number of carbonyl (C=O) groups is 2. The van der Waals surface area contributed by atoms with Crippen LogP contribution in [-0.2, 0) is 9.53 Å². The number of amides is 1. The van der Waals surface area contributed by atoms with Gasteiger partial charge >= 0.3 is 5.97 Å². The molecule has 7 heteroatoms. The standard InChI is InChI=1S/C20H22ClNO5/c1-4-8-26-19-16(21)10-14(11-17(19)25-3)20(24)27-12-18(23)22-15-7-5-6-13(2)9-15/h5-7,9-11H,4,8,12H2,1-3H3,(H,22,23). The van der Waals surface area contributed by atoms with Gasteiger partial charge in [0, 0.05) is 5.69 Å². The molecule has 0 spiro atoms. The minimum absolute atomic E-state index is 0.170. The number of anilines is 1. The first kappa shape index (κ1) is 20.6. The van der Waals surface area contributed by atoms with Crippen molar-refractivity contribution in [3.8, 4) is 11.5 Å². The topological polar surface area (TPSA) is 73.9 Å². The van der Waals surface area contributed by atoms with Gasteiger partial charge in [-0.2, -0.15) is 0 Å². The SMILES string of the molecule is CCCOc1c(Cl)cc(C(=O)OCC(=O)Nc2cccc(C)c2)cc1OC. The highest BCUT2D eigenvalue weighted by Gasteiger charge is 2.17. The van der Waals surface area contributed by atoms with Crippen LogP contribution < -0.4 is 14.8 Å². The van der Waals surface area contributed by atoms with Gasteiger partial charge in [0.15, 0.2) is 18.1 Å². The van der Waals surface area contributed by atoms with E-state index in [1.54, 1.807) is 6.07 Å². The van der Waals surface area contributed by atoms with E-state index in [0.717, 1.165) is 12.0 Å². The number of benzene rings is 2. The summed E-state index contributed by atoms with van der Waals surface area (Å²) >= 11 is 6.19. The van der Waals surface area contributed by atoms with Crippen molar-refractivity contribution in [1.29, 1.82) is 0 Å². The summed E-state index contributed by atoms with van der Waals surface area (Å²) in [6, 6.07) is 10.2. The summed E-state index contributed by atoms with van der Waals surface area (Å²) < 4.78 is 15.8. The predicted molar refractivity (Wildman–Crippen MR) is 104 cm³/mol. The molecule has 0 fully saturated rings. The van der Waals surface area contributed by atoms with E-state index in [4.69, 9.17) is 25.8 Å². The lowest BCUT2D eigenvalue weighted by Gasteiger charge is -2.13. The molecule has 0 aliphatic rings. The molecule has 0 heterocycles. The van der Waals surface area contributed by atoms with Gasteiger partial charge in [0.25, 0.3) is 5.91 Å². The molecule has 0 saturated carbocycles. The van der Waals surface area contributed by atoms with E-state index in [2.05, 4.69) is 5.32 Å². The summed E-state index contributed by atoms with van der Waals surface area (Å²) in [5, 5.41) is 2.90. The molecule has 1 N–H and O–H groups in total. The molecule has 2 rings (SSSR count). The lowest BCUT2D eigenvalue weighted by atomic mass is 10.2. The third-order valence-electron chi connectivity index (χ3n) is 3.55. The van der Waals surface area contributed by atoms with Crippen LogP contribution in [-0.4, -0.2) is 32.2 Å². The highest BCUT2D eigenvalue weighted by Crippen LogP contribution is 2.36. The number of aryl methyl sites for hydroxylation is 1. The van der Waals surface area contributed by atoms with E-state index in [9.17, 15) is 9.59 Å². The minimum Gasteiger partial charge on any atom is -0.493 e. The van der Waals surface area contributed by atoms with Gasteiger partial charge in [-0.15, -0.1) is 0 Å². The van der Waals surface area contributed by atoms with Crippen LogP contribution in [0, 0.1) is 6.92 Å². The number of ether oxygens (including phenoxy) is 3. The van der Waals surface area contributed by atoms with Crippen molar-refractivity contribution in [1.82, 2.24) is 0 Å². The van der Waals surface area contributed by atoms with Crippen molar-refractivity contribution < 1.29 is 23.8 Å². The summed E-state index contributed by atoms with van der Waals surface area (Å²) in [7, 11) is 1.45. The first-order chi connectivity index (χ1) is 12.9. The third kappa shape index (κ3) is 5.89. The molecule has 144 valence electrons. The maximum atomic E-state index is 12.2. The molecule has 0 bridgehead atoms.